The van der Waals surface area contributed by atoms with Crippen LogP contribution < -0.4 is 5.32 Å². The molecule has 0 spiro atoms. The molecular weight excluding hydrogens is 340 g/mol. The van der Waals surface area contributed by atoms with Gasteiger partial charge >= 0.3 is 0 Å². The van der Waals surface area contributed by atoms with E-state index in [0.29, 0.717) is 30.4 Å². The van der Waals surface area contributed by atoms with Gasteiger partial charge in [0.05, 0.1) is 5.57 Å². The fourth-order valence-electron chi connectivity index (χ4n) is 2.71. The van der Waals surface area contributed by atoms with Crippen molar-refractivity contribution in [2.24, 2.45) is 16.8 Å². The summed E-state index contributed by atoms with van der Waals surface area (Å²) in [5.74, 6) is 0.859. The number of nitrogens with zero attached hydrogens (tertiary/aromatic N) is 3. The third-order valence-electron chi connectivity index (χ3n) is 4.32. The standard InChI is InChI=1S/C21H36N4O2/c1-9-10-24-13-19(17(7)22-11-14(2)3)21(27)25(18(24)8)12-16(6)23-20(26)15(4)5/h13-16H,8-12H2,1-7H3,(H,23,26). The minimum absolute atomic E-state index is 0.0200. The molecule has 1 unspecified atom stereocenters. The molecule has 0 fully saturated rings. The van der Waals surface area contributed by atoms with Crippen molar-refractivity contribution in [2.45, 2.75) is 60.9 Å². The molecule has 1 rings (SSSR count). The molecule has 0 aliphatic carbocycles. The van der Waals surface area contributed by atoms with Crippen LogP contribution in [0.15, 0.2) is 29.2 Å². The van der Waals surface area contributed by atoms with E-state index in [0.717, 1.165) is 18.7 Å². The zero-order valence-electron chi connectivity index (χ0n) is 18.0. The Morgan fingerprint density at radius 1 is 1.26 bits per heavy atom. The van der Waals surface area contributed by atoms with E-state index in [9.17, 15) is 9.59 Å². The predicted molar refractivity (Wildman–Crippen MR) is 111 cm³/mol. The van der Waals surface area contributed by atoms with Crippen LogP contribution in [-0.2, 0) is 9.59 Å². The maximum atomic E-state index is 13.1. The summed E-state index contributed by atoms with van der Waals surface area (Å²) in [7, 11) is 0. The van der Waals surface area contributed by atoms with Gasteiger partial charge in [-0.05, 0) is 26.2 Å². The summed E-state index contributed by atoms with van der Waals surface area (Å²) < 4.78 is 0. The topological polar surface area (TPSA) is 65.0 Å². The molecule has 1 N–H and O–H groups in total. The normalized spacial score (nSPS) is 16.9. The Hall–Kier alpha value is -2.11. The van der Waals surface area contributed by atoms with Crippen LogP contribution >= 0.6 is 0 Å². The SMILES string of the molecule is C=C1N(CCC)C=C(C(C)=NCC(C)C)C(=O)N1CC(C)NC(=O)C(C)C. The lowest BCUT2D eigenvalue weighted by Gasteiger charge is -2.38. The molecule has 6 nitrogen and oxygen atoms in total. The zero-order chi connectivity index (χ0) is 20.7. The van der Waals surface area contributed by atoms with Gasteiger partial charge in [0.15, 0.2) is 0 Å². The van der Waals surface area contributed by atoms with Crippen molar-refractivity contribution in [2.75, 3.05) is 19.6 Å². The Kier molecular flexibility index (Phi) is 8.73. The van der Waals surface area contributed by atoms with Crippen molar-refractivity contribution >= 4 is 17.5 Å². The summed E-state index contributed by atoms with van der Waals surface area (Å²) >= 11 is 0. The van der Waals surface area contributed by atoms with Crippen molar-refractivity contribution in [3.05, 3.63) is 24.2 Å². The Morgan fingerprint density at radius 3 is 2.41 bits per heavy atom. The van der Waals surface area contributed by atoms with Gasteiger partial charge in [0.25, 0.3) is 5.91 Å². The second kappa shape index (κ2) is 10.3. The number of carbonyl (C=O) groups excluding carboxylic acids is 2. The van der Waals surface area contributed by atoms with Gasteiger partial charge in [-0.15, -0.1) is 0 Å². The van der Waals surface area contributed by atoms with E-state index in [1.807, 2.05) is 38.8 Å². The molecule has 0 saturated carbocycles. The van der Waals surface area contributed by atoms with Gasteiger partial charge in [-0.3, -0.25) is 19.5 Å². The first-order chi connectivity index (χ1) is 12.6. The summed E-state index contributed by atoms with van der Waals surface area (Å²) in [6.45, 7) is 19.7. The number of carbonyl (C=O) groups is 2. The van der Waals surface area contributed by atoms with Crippen LogP contribution in [0.4, 0.5) is 0 Å². The smallest absolute Gasteiger partial charge is 0.262 e. The summed E-state index contributed by atoms with van der Waals surface area (Å²) in [6, 6.07) is -0.170. The number of rotatable bonds is 9. The Morgan fingerprint density at radius 2 is 1.89 bits per heavy atom. The molecule has 1 heterocycles. The molecule has 0 saturated heterocycles. The number of nitrogens with one attached hydrogen (secondary N) is 1. The molecule has 0 radical (unpaired) electrons. The second-order valence-electron chi connectivity index (χ2n) is 7.95. The summed E-state index contributed by atoms with van der Waals surface area (Å²) in [5.41, 5.74) is 1.34. The first-order valence-corrected chi connectivity index (χ1v) is 9.89. The van der Waals surface area contributed by atoms with E-state index >= 15 is 0 Å². The van der Waals surface area contributed by atoms with Crippen LogP contribution in [0.1, 0.15) is 54.9 Å². The number of amides is 2. The first-order valence-electron chi connectivity index (χ1n) is 9.89. The lowest BCUT2D eigenvalue weighted by atomic mass is 10.1. The van der Waals surface area contributed by atoms with Gasteiger partial charge < -0.3 is 10.2 Å². The lowest BCUT2D eigenvalue weighted by Crippen LogP contribution is -2.50. The molecule has 27 heavy (non-hydrogen) atoms. The highest BCUT2D eigenvalue weighted by Gasteiger charge is 2.31. The molecule has 2 amide bonds. The first kappa shape index (κ1) is 22.9. The van der Waals surface area contributed by atoms with Gasteiger partial charge in [-0.25, -0.2) is 0 Å². The maximum Gasteiger partial charge on any atom is 0.262 e. The van der Waals surface area contributed by atoms with Crippen molar-refractivity contribution in [1.82, 2.24) is 15.1 Å². The molecule has 1 atom stereocenters. The quantitative estimate of drug-likeness (QED) is 0.629. The van der Waals surface area contributed by atoms with Crippen LogP contribution in [0.25, 0.3) is 0 Å². The highest BCUT2D eigenvalue weighted by Crippen LogP contribution is 2.22. The Balaban J connectivity index is 3.06. The van der Waals surface area contributed by atoms with E-state index in [-0.39, 0.29) is 23.8 Å². The highest BCUT2D eigenvalue weighted by atomic mass is 16.2. The fourth-order valence-corrected chi connectivity index (χ4v) is 2.71. The van der Waals surface area contributed by atoms with E-state index in [4.69, 9.17) is 0 Å². The molecule has 1 aliphatic heterocycles. The average Bonchev–Trinajstić information content (AvgIpc) is 2.58. The van der Waals surface area contributed by atoms with Crippen molar-refractivity contribution in [3.8, 4) is 0 Å². The third kappa shape index (κ3) is 6.52. The summed E-state index contributed by atoms with van der Waals surface area (Å²) in [5, 5.41) is 2.96. The average molecular weight is 377 g/mol. The second-order valence-corrected chi connectivity index (χ2v) is 7.95. The molecule has 6 heteroatoms. The van der Waals surface area contributed by atoms with Crippen molar-refractivity contribution in [1.29, 1.82) is 0 Å². The van der Waals surface area contributed by atoms with Crippen LogP contribution in [0.2, 0.25) is 0 Å². The summed E-state index contributed by atoms with van der Waals surface area (Å²) in [4.78, 5) is 33.3. The number of hydrogen-bond acceptors (Lipinski definition) is 4. The number of hydrogen-bond donors (Lipinski definition) is 1. The Bertz CT molecular complexity index is 620. The third-order valence-corrected chi connectivity index (χ3v) is 4.32. The van der Waals surface area contributed by atoms with Crippen LogP contribution in [0.5, 0.6) is 0 Å². The van der Waals surface area contributed by atoms with E-state index in [1.54, 1.807) is 4.90 Å². The predicted octanol–water partition coefficient (Wildman–Crippen LogP) is 3.17. The van der Waals surface area contributed by atoms with Gasteiger partial charge in [0, 0.05) is 43.5 Å². The molecular formula is C21H36N4O2. The fraction of sp³-hybridized carbons (Fsp3) is 0.667. The summed E-state index contributed by atoms with van der Waals surface area (Å²) in [6.07, 6.45) is 2.80. The van der Waals surface area contributed by atoms with E-state index in [2.05, 4.69) is 37.7 Å². The maximum absolute atomic E-state index is 13.1. The van der Waals surface area contributed by atoms with Gasteiger partial charge in [0.1, 0.15) is 5.82 Å². The van der Waals surface area contributed by atoms with Crippen LogP contribution in [-0.4, -0.2) is 53.0 Å². The van der Waals surface area contributed by atoms with E-state index < -0.39 is 0 Å². The van der Waals surface area contributed by atoms with E-state index in [1.165, 1.54) is 0 Å². The molecule has 1 aliphatic rings. The van der Waals surface area contributed by atoms with Crippen molar-refractivity contribution in [3.63, 3.8) is 0 Å². The molecule has 0 bridgehead atoms. The lowest BCUT2D eigenvalue weighted by molar-refractivity contribution is -0.129. The minimum atomic E-state index is -0.170. The largest absolute Gasteiger partial charge is 0.352 e. The number of aliphatic imine (C=N–C) groups is 1. The minimum Gasteiger partial charge on any atom is -0.352 e. The van der Waals surface area contributed by atoms with Gasteiger partial charge in [-0.1, -0.05) is 41.2 Å². The van der Waals surface area contributed by atoms with Crippen LogP contribution in [0, 0.1) is 11.8 Å². The van der Waals surface area contributed by atoms with Crippen molar-refractivity contribution < 1.29 is 9.59 Å². The molecule has 0 aromatic rings. The Labute approximate surface area is 164 Å². The monoisotopic (exact) mass is 376 g/mol. The molecule has 0 aromatic carbocycles. The molecule has 152 valence electrons. The highest BCUT2D eigenvalue weighted by molar-refractivity contribution is 6.21. The molecule has 0 aromatic heterocycles. The van der Waals surface area contributed by atoms with Gasteiger partial charge in [-0.2, -0.15) is 0 Å². The van der Waals surface area contributed by atoms with Crippen LogP contribution in [0.3, 0.4) is 0 Å². The van der Waals surface area contributed by atoms with Gasteiger partial charge in [0.2, 0.25) is 5.91 Å². The zero-order valence-corrected chi connectivity index (χ0v) is 18.0.